The van der Waals surface area contributed by atoms with Crippen LogP contribution in [0.4, 0.5) is 33.7 Å². The van der Waals surface area contributed by atoms with Gasteiger partial charge in [0.15, 0.2) is 11.1 Å². The van der Waals surface area contributed by atoms with Gasteiger partial charge in [-0.25, -0.2) is 13.4 Å². The highest BCUT2D eigenvalue weighted by Crippen LogP contribution is 2.31. The van der Waals surface area contributed by atoms with Crippen LogP contribution in [0.15, 0.2) is 47.4 Å². The summed E-state index contributed by atoms with van der Waals surface area (Å²) >= 11 is -2.27. The lowest BCUT2D eigenvalue weighted by atomic mass is 10.2. The summed E-state index contributed by atoms with van der Waals surface area (Å²) in [7, 11) is 0. The molecule has 24 heavy (non-hydrogen) atoms. The fraction of sp³-hybridized carbons (Fsp3) is 0.0714. The van der Waals surface area contributed by atoms with Crippen molar-refractivity contribution < 1.29 is 31.1 Å². The van der Waals surface area contributed by atoms with Gasteiger partial charge in [-0.15, -0.1) is 0 Å². The quantitative estimate of drug-likeness (QED) is 0.569. The van der Waals surface area contributed by atoms with Crippen LogP contribution >= 0.6 is 0 Å². The molecule has 2 rings (SSSR count). The Labute approximate surface area is 136 Å². The lowest BCUT2D eigenvalue weighted by Crippen LogP contribution is -2.20. The molecule has 0 bridgehead atoms. The fourth-order valence-corrected chi connectivity index (χ4v) is 2.19. The van der Waals surface area contributed by atoms with Crippen LogP contribution in [0.5, 0.6) is 0 Å². The van der Waals surface area contributed by atoms with E-state index in [4.69, 9.17) is 4.55 Å². The molecule has 0 saturated heterocycles. The number of nitrogens with one attached hydrogen (secondary N) is 2. The molecule has 2 aromatic rings. The van der Waals surface area contributed by atoms with Crippen molar-refractivity contribution in [3.05, 3.63) is 53.8 Å². The maximum Gasteiger partial charge on any atom is 0.416 e. The van der Waals surface area contributed by atoms with Gasteiger partial charge in [0.25, 0.3) is 0 Å². The van der Waals surface area contributed by atoms with Crippen molar-refractivity contribution in [3.8, 4) is 0 Å². The van der Waals surface area contributed by atoms with Gasteiger partial charge in [0.2, 0.25) is 0 Å². The zero-order valence-corrected chi connectivity index (χ0v) is 12.5. The van der Waals surface area contributed by atoms with Gasteiger partial charge in [-0.2, -0.15) is 13.2 Å². The van der Waals surface area contributed by atoms with Gasteiger partial charge in [-0.1, -0.05) is 6.07 Å². The van der Waals surface area contributed by atoms with E-state index in [9.17, 15) is 26.6 Å². The third kappa shape index (κ3) is 4.52. The van der Waals surface area contributed by atoms with Crippen LogP contribution in [0.1, 0.15) is 5.56 Å². The van der Waals surface area contributed by atoms with Gasteiger partial charge < -0.3 is 15.2 Å². The molecular weight excluding hydrogens is 352 g/mol. The second-order valence-corrected chi connectivity index (χ2v) is 5.52. The predicted octanol–water partition coefficient (Wildman–Crippen LogP) is 4.07. The number of hydrogen-bond acceptors (Lipinski definition) is 2. The van der Waals surface area contributed by atoms with E-state index in [2.05, 4.69) is 5.32 Å². The van der Waals surface area contributed by atoms with Crippen molar-refractivity contribution in [1.29, 1.82) is 0 Å². The summed E-state index contributed by atoms with van der Waals surface area (Å²) in [6, 6.07) is 5.92. The Morgan fingerprint density at radius 1 is 1.08 bits per heavy atom. The first kappa shape index (κ1) is 17.9. The summed E-state index contributed by atoms with van der Waals surface area (Å²) in [5.74, 6) is -1.04. The Morgan fingerprint density at radius 3 is 2.42 bits per heavy atom. The second kappa shape index (κ2) is 6.97. The van der Waals surface area contributed by atoms with Crippen LogP contribution in [-0.4, -0.2) is 14.8 Å². The molecule has 3 N–H and O–H groups in total. The maximum atomic E-state index is 13.5. The van der Waals surface area contributed by atoms with Gasteiger partial charge in [-0.3, -0.25) is 0 Å². The molecule has 1 unspecified atom stereocenters. The standard InChI is InChI=1S/C14H10F4N2O3S/c15-11-5-4-8(14(16,17)18)6-12(11)20-13(21)19-9-2-1-3-10(7-9)24(22)23/h1-7H,(H,22,23)(H2,19,20,21). The van der Waals surface area contributed by atoms with Crippen LogP contribution in [0.3, 0.4) is 0 Å². The summed E-state index contributed by atoms with van der Waals surface area (Å²) in [4.78, 5) is 11.8. The van der Waals surface area contributed by atoms with E-state index in [1.807, 2.05) is 5.32 Å². The third-order valence-corrected chi connectivity index (χ3v) is 3.49. The Kier molecular flexibility index (Phi) is 5.20. The molecule has 0 aliphatic rings. The molecule has 0 aromatic heterocycles. The zero-order valence-electron chi connectivity index (χ0n) is 11.7. The van der Waals surface area contributed by atoms with Crippen LogP contribution in [0.2, 0.25) is 0 Å². The molecular formula is C14H10F4N2O3S. The topological polar surface area (TPSA) is 78.4 Å². The maximum absolute atomic E-state index is 13.5. The summed E-state index contributed by atoms with van der Waals surface area (Å²) < 4.78 is 71.2. The number of carbonyl (C=O) groups excluding carboxylic acids is 1. The van der Waals surface area contributed by atoms with Crippen molar-refractivity contribution >= 4 is 28.5 Å². The van der Waals surface area contributed by atoms with E-state index in [0.717, 1.165) is 0 Å². The molecule has 128 valence electrons. The van der Waals surface area contributed by atoms with Gasteiger partial charge in [0, 0.05) is 5.69 Å². The zero-order chi connectivity index (χ0) is 17.9. The van der Waals surface area contributed by atoms with E-state index in [0.29, 0.717) is 18.2 Å². The lowest BCUT2D eigenvalue weighted by Gasteiger charge is -2.12. The average molecular weight is 362 g/mol. The minimum atomic E-state index is -4.68. The highest BCUT2D eigenvalue weighted by atomic mass is 32.2. The molecule has 2 aromatic carbocycles. The first-order valence-electron chi connectivity index (χ1n) is 6.32. The monoisotopic (exact) mass is 362 g/mol. The van der Waals surface area contributed by atoms with E-state index < -0.39 is 40.4 Å². The molecule has 0 spiro atoms. The Morgan fingerprint density at radius 2 is 1.79 bits per heavy atom. The second-order valence-electron chi connectivity index (χ2n) is 4.55. The summed E-state index contributed by atoms with van der Waals surface area (Å²) in [5.41, 5.74) is -1.65. The Hall–Kier alpha value is -2.46. The number of rotatable bonds is 3. The smallest absolute Gasteiger partial charge is 0.308 e. The number of benzene rings is 2. The summed E-state index contributed by atoms with van der Waals surface area (Å²) in [6.07, 6.45) is -4.68. The molecule has 2 amide bonds. The van der Waals surface area contributed by atoms with E-state index in [-0.39, 0.29) is 10.6 Å². The number of anilines is 2. The molecule has 5 nitrogen and oxygen atoms in total. The van der Waals surface area contributed by atoms with Crippen LogP contribution in [-0.2, 0) is 17.3 Å². The van der Waals surface area contributed by atoms with Crippen molar-refractivity contribution in [2.45, 2.75) is 11.1 Å². The molecule has 0 saturated carbocycles. The summed E-state index contributed by atoms with van der Waals surface area (Å²) in [6.45, 7) is 0. The van der Waals surface area contributed by atoms with Gasteiger partial charge in [0.1, 0.15) is 5.82 Å². The van der Waals surface area contributed by atoms with E-state index in [1.54, 1.807) is 0 Å². The van der Waals surface area contributed by atoms with Gasteiger partial charge >= 0.3 is 12.2 Å². The molecule has 0 aliphatic heterocycles. The lowest BCUT2D eigenvalue weighted by molar-refractivity contribution is -0.137. The first-order chi connectivity index (χ1) is 11.2. The minimum Gasteiger partial charge on any atom is -0.308 e. The van der Waals surface area contributed by atoms with Crippen molar-refractivity contribution in [3.63, 3.8) is 0 Å². The molecule has 10 heteroatoms. The van der Waals surface area contributed by atoms with Crippen molar-refractivity contribution in [2.75, 3.05) is 10.6 Å². The first-order valence-corrected chi connectivity index (χ1v) is 7.43. The fourth-order valence-electron chi connectivity index (χ4n) is 1.76. The number of amides is 2. The molecule has 0 aliphatic carbocycles. The highest BCUT2D eigenvalue weighted by molar-refractivity contribution is 7.79. The SMILES string of the molecule is O=C(Nc1cccc(S(=O)O)c1)Nc1cc(C(F)(F)F)ccc1F. The molecule has 0 radical (unpaired) electrons. The summed E-state index contributed by atoms with van der Waals surface area (Å²) in [5, 5.41) is 4.18. The molecule has 0 heterocycles. The van der Waals surface area contributed by atoms with Crippen molar-refractivity contribution in [2.24, 2.45) is 0 Å². The van der Waals surface area contributed by atoms with E-state index >= 15 is 0 Å². The third-order valence-electron chi connectivity index (χ3n) is 2.84. The van der Waals surface area contributed by atoms with Crippen LogP contribution in [0.25, 0.3) is 0 Å². The van der Waals surface area contributed by atoms with Crippen LogP contribution < -0.4 is 10.6 Å². The number of carbonyl (C=O) groups is 1. The number of halogens is 4. The average Bonchev–Trinajstić information content (AvgIpc) is 2.48. The van der Waals surface area contributed by atoms with E-state index in [1.165, 1.54) is 24.3 Å². The predicted molar refractivity (Wildman–Crippen MR) is 79.5 cm³/mol. The number of alkyl halides is 3. The van der Waals surface area contributed by atoms with Crippen LogP contribution in [0, 0.1) is 5.82 Å². The molecule has 0 fully saturated rings. The number of urea groups is 1. The highest BCUT2D eigenvalue weighted by Gasteiger charge is 2.31. The van der Waals surface area contributed by atoms with Crippen molar-refractivity contribution in [1.82, 2.24) is 0 Å². The Bertz CT molecular complexity index is 796. The van der Waals surface area contributed by atoms with Gasteiger partial charge in [-0.05, 0) is 36.4 Å². The largest absolute Gasteiger partial charge is 0.416 e. The molecule has 1 atom stereocenters. The normalized spacial score (nSPS) is 12.5. The number of hydrogen-bond donors (Lipinski definition) is 3. The van der Waals surface area contributed by atoms with Gasteiger partial charge in [0.05, 0.1) is 16.1 Å². The Balaban J connectivity index is 2.15. The minimum absolute atomic E-state index is 0.0121.